The van der Waals surface area contributed by atoms with Gasteiger partial charge in [-0.25, -0.2) is 15.0 Å². The highest BCUT2D eigenvalue weighted by Gasteiger charge is 2.36. The van der Waals surface area contributed by atoms with Crippen molar-refractivity contribution < 1.29 is 22.8 Å². The Morgan fingerprint density at radius 3 is 2.52 bits per heavy atom. The third-order valence-electron chi connectivity index (χ3n) is 5.74. The van der Waals surface area contributed by atoms with Crippen LogP contribution in [0.1, 0.15) is 53.8 Å². The van der Waals surface area contributed by atoms with Crippen molar-refractivity contribution >= 4 is 17.6 Å². The van der Waals surface area contributed by atoms with Gasteiger partial charge in [0.15, 0.2) is 0 Å². The van der Waals surface area contributed by atoms with Crippen molar-refractivity contribution in [3.05, 3.63) is 41.4 Å². The predicted molar refractivity (Wildman–Crippen MR) is 113 cm³/mol. The lowest BCUT2D eigenvalue weighted by Gasteiger charge is -2.33. The number of carbonyl (C=O) groups excluding carboxylic acids is 2. The van der Waals surface area contributed by atoms with Gasteiger partial charge in [0.25, 0.3) is 5.91 Å². The predicted octanol–water partition coefficient (Wildman–Crippen LogP) is 2.17. The van der Waals surface area contributed by atoms with Crippen molar-refractivity contribution in [2.75, 3.05) is 18.8 Å². The van der Waals surface area contributed by atoms with Crippen LogP contribution in [-0.4, -0.2) is 55.8 Å². The molecule has 1 aliphatic heterocycles. The number of aryl methyl sites for hydroxylation is 1. The van der Waals surface area contributed by atoms with E-state index >= 15 is 0 Å². The Kier molecular flexibility index (Phi) is 7.44. The molecule has 0 aromatic carbocycles. The number of hydrogen-bond acceptors (Lipinski definition) is 7. The van der Waals surface area contributed by atoms with Crippen LogP contribution in [0.5, 0.6) is 0 Å². The monoisotopic (exact) mass is 465 g/mol. The quantitative estimate of drug-likeness (QED) is 0.669. The summed E-state index contributed by atoms with van der Waals surface area (Å²) in [5.41, 5.74) is 6.66. The molecule has 1 saturated heterocycles. The SMILES string of the molecule is Cc1nc(C(F)(F)F)nc(N)c1CCC1CCN(C(=O)[C@H](C)NC(=O)c2cnccn2)CC1. The number of anilines is 1. The minimum Gasteiger partial charge on any atom is -0.383 e. The Morgan fingerprint density at radius 2 is 1.94 bits per heavy atom. The van der Waals surface area contributed by atoms with Crippen LogP contribution in [0.25, 0.3) is 0 Å². The van der Waals surface area contributed by atoms with Crippen molar-refractivity contribution in [3.63, 3.8) is 0 Å². The van der Waals surface area contributed by atoms with E-state index in [2.05, 4.69) is 25.3 Å². The summed E-state index contributed by atoms with van der Waals surface area (Å²) in [6.45, 7) is 4.19. The van der Waals surface area contributed by atoms with E-state index in [1.165, 1.54) is 25.5 Å². The molecule has 1 fully saturated rings. The van der Waals surface area contributed by atoms with Crippen LogP contribution in [-0.2, 0) is 17.4 Å². The molecule has 12 heteroatoms. The van der Waals surface area contributed by atoms with Crippen molar-refractivity contribution in [1.29, 1.82) is 0 Å². The zero-order valence-corrected chi connectivity index (χ0v) is 18.4. The minimum atomic E-state index is -4.64. The second-order valence-electron chi connectivity index (χ2n) is 8.09. The van der Waals surface area contributed by atoms with Crippen LogP contribution < -0.4 is 11.1 Å². The number of nitrogens with zero attached hydrogens (tertiary/aromatic N) is 5. The Hall–Kier alpha value is -3.31. The molecule has 3 heterocycles. The second-order valence-corrected chi connectivity index (χ2v) is 8.09. The normalized spacial score (nSPS) is 15.8. The molecule has 2 aromatic rings. The molecule has 2 amide bonds. The summed E-state index contributed by atoms with van der Waals surface area (Å²) in [5, 5.41) is 2.64. The van der Waals surface area contributed by atoms with Crippen LogP contribution in [0.15, 0.2) is 18.6 Å². The summed E-state index contributed by atoms with van der Waals surface area (Å²) in [5.74, 6) is -1.73. The smallest absolute Gasteiger partial charge is 0.383 e. The lowest BCUT2D eigenvalue weighted by Crippen LogP contribution is -2.49. The van der Waals surface area contributed by atoms with Crippen molar-refractivity contribution in [2.24, 2.45) is 5.92 Å². The zero-order chi connectivity index (χ0) is 24.2. The van der Waals surface area contributed by atoms with Gasteiger partial charge in [-0.05, 0) is 45.4 Å². The lowest BCUT2D eigenvalue weighted by atomic mass is 9.90. The molecule has 178 valence electrons. The second kappa shape index (κ2) is 10.1. The number of nitrogens with two attached hydrogens (primary N) is 1. The van der Waals surface area contributed by atoms with Crippen LogP contribution in [0.2, 0.25) is 0 Å². The molecule has 33 heavy (non-hydrogen) atoms. The molecule has 3 rings (SSSR count). The zero-order valence-electron chi connectivity index (χ0n) is 18.4. The van der Waals surface area contributed by atoms with Crippen molar-refractivity contribution in [2.45, 2.75) is 51.7 Å². The number of aromatic nitrogens is 4. The number of piperidine rings is 1. The maximum Gasteiger partial charge on any atom is 0.451 e. The highest BCUT2D eigenvalue weighted by molar-refractivity contribution is 5.95. The van der Waals surface area contributed by atoms with E-state index in [-0.39, 0.29) is 23.1 Å². The van der Waals surface area contributed by atoms with E-state index in [1.54, 1.807) is 11.8 Å². The summed E-state index contributed by atoms with van der Waals surface area (Å²) in [6, 6.07) is -0.706. The minimum absolute atomic E-state index is 0.137. The van der Waals surface area contributed by atoms with Gasteiger partial charge in [0, 0.05) is 36.7 Å². The third-order valence-corrected chi connectivity index (χ3v) is 5.74. The first-order valence-corrected chi connectivity index (χ1v) is 10.6. The van der Waals surface area contributed by atoms with Gasteiger partial charge in [0.1, 0.15) is 17.6 Å². The van der Waals surface area contributed by atoms with Crippen molar-refractivity contribution in [1.82, 2.24) is 30.2 Å². The van der Waals surface area contributed by atoms with Gasteiger partial charge in [0.2, 0.25) is 11.7 Å². The standard InChI is InChI=1S/C21H26F3N7O2/c1-12-15(17(25)30-20(29-12)21(22,23)24)4-3-14-5-9-31(10-6-14)19(33)13(2)28-18(32)16-11-26-7-8-27-16/h7-8,11,13-14H,3-6,9-10H2,1-2H3,(H,28,32)(H2,25,29,30)/t13-/m0/s1. The van der Waals surface area contributed by atoms with Gasteiger partial charge in [-0.2, -0.15) is 13.2 Å². The van der Waals surface area contributed by atoms with Crippen molar-refractivity contribution in [3.8, 4) is 0 Å². The Bertz CT molecular complexity index is 970. The summed E-state index contributed by atoms with van der Waals surface area (Å²) in [7, 11) is 0. The maximum absolute atomic E-state index is 12.8. The van der Waals surface area contributed by atoms with Crippen LogP contribution >= 0.6 is 0 Å². The molecule has 0 unspecified atom stereocenters. The van der Waals surface area contributed by atoms with Crippen LogP contribution in [0.4, 0.5) is 19.0 Å². The van der Waals surface area contributed by atoms with E-state index in [1.807, 2.05) is 0 Å². The fraction of sp³-hybridized carbons (Fsp3) is 0.524. The largest absolute Gasteiger partial charge is 0.451 e. The topological polar surface area (TPSA) is 127 Å². The van der Waals surface area contributed by atoms with Gasteiger partial charge in [-0.3, -0.25) is 14.6 Å². The molecule has 0 spiro atoms. The first-order valence-electron chi connectivity index (χ1n) is 10.6. The summed E-state index contributed by atoms with van der Waals surface area (Å²) >= 11 is 0. The van der Waals surface area contributed by atoms with E-state index in [0.29, 0.717) is 37.4 Å². The molecule has 0 saturated carbocycles. The molecule has 2 aromatic heterocycles. The molecule has 0 radical (unpaired) electrons. The maximum atomic E-state index is 12.8. The Morgan fingerprint density at radius 1 is 1.24 bits per heavy atom. The molecule has 1 aliphatic rings. The number of likely N-dealkylation sites (tertiary alicyclic amines) is 1. The van der Waals surface area contributed by atoms with E-state index < -0.39 is 23.9 Å². The molecular weight excluding hydrogens is 439 g/mol. The number of halogens is 3. The van der Waals surface area contributed by atoms with Crippen LogP contribution in [0.3, 0.4) is 0 Å². The molecule has 0 bridgehead atoms. The fourth-order valence-electron chi connectivity index (χ4n) is 3.87. The summed E-state index contributed by atoms with van der Waals surface area (Å²) in [4.78, 5) is 41.3. The van der Waals surface area contributed by atoms with E-state index in [0.717, 1.165) is 12.8 Å². The van der Waals surface area contributed by atoms with Gasteiger partial charge < -0.3 is 16.0 Å². The number of rotatable bonds is 6. The number of carbonyl (C=O) groups is 2. The third kappa shape index (κ3) is 6.14. The average molecular weight is 465 g/mol. The highest BCUT2D eigenvalue weighted by Crippen LogP contribution is 2.30. The van der Waals surface area contributed by atoms with Gasteiger partial charge >= 0.3 is 6.18 Å². The molecule has 1 atom stereocenters. The number of nitrogen functional groups attached to an aromatic ring is 1. The molecule has 3 N–H and O–H groups in total. The van der Waals surface area contributed by atoms with Crippen LogP contribution in [0, 0.1) is 12.8 Å². The van der Waals surface area contributed by atoms with E-state index in [9.17, 15) is 22.8 Å². The van der Waals surface area contributed by atoms with Gasteiger partial charge in [-0.1, -0.05) is 0 Å². The first-order chi connectivity index (χ1) is 15.6. The number of alkyl halides is 3. The van der Waals surface area contributed by atoms with Gasteiger partial charge in [0.05, 0.1) is 6.20 Å². The number of amides is 2. The van der Waals surface area contributed by atoms with Gasteiger partial charge in [-0.15, -0.1) is 0 Å². The molecule has 9 nitrogen and oxygen atoms in total. The number of nitrogens with one attached hydrogen (secondary N) is 1. The summed E-state index contributed by atoms with van der Waals surface area (Å²) in [6.07, 6.45) is 2.22. The average Bonchev–Trinajstić information content (AvgIpc) is 2.78. The first kappa shape index (κ1) is 24.3. The highest BCUT2D eigenvalue weighted by atomic mass is 19.4. The Balaban J connectivity index is 1.49. The summed E-state index contributed by atoms with van der Waals surface area (Å²) < 4.78 is 38.5. The Labute approximate surface area is 189 Å². The van der Waals surface area contributed by atoms with E-state index in [4.69, 9.17) is 5.73 Å². The fourth-order valence-corrected chi connectivity index (χ4v) is 3.87. The lowest BCUT2D eigenvalue weighted by molar-refractivity contribution is -0.145. The molecular formula is C21H26F3N7O2. The molecule has 0 aliphatic carbocycles. The number of hydrogen-bond donors (Lipinski definition) is 2.